The van der Waals surface area contributed by atoms with Gasteiger partial charge in [-0.2, -0.15) is 11.8 Å². The van der Waals surface area contributed by atoms with Crippen molar-refractivity contribution in [2.24, 2.45) is 0 Å². The highest BCUT2D eigenvalue weighted by molar-refractivity contribution is 7.99. The summed E-state index contributed by atoms with van der Waals surface area (Å²) in [5.41, 5.74) is 1.84. The van der Waals surface area contributed by atoms with Gasteiger partial charge >= 0.3 is 5.97 Å². The van der Waals surface area contributed by atoms with E-state index < -0.39 is 18.1 Å². The van der Waals surface area contributed by atoms with E-state index in [0.29, 0.717) is 0 Å². The van der Waals surface area contributed by atoms with E-state index in [4.69, 9.17) is 4.74 Å². The fraction of sp³-hybridized carbons (Fsp3) is 0.407. The summed E-state index contributed by atoms with van der Waals surface area (Å²) in [4.78, 5) is 31.3. The van der Waals surface area contributed by atoms with Crippen LogP contribution in [0.4, 0.5) is 0 Å². The average molecular weight is 481 g/mol. The number of hydrogen-bond acceptors (Lipinski definition) is 6. The number of aliphatic hydroxyl groups excluding tert-OH is 1. The van der Waals surface area contributed by atoms with Crippen LogP contribution >= 0.6 is 11.8 Å². The quantitative estimate of drug-likeness (QED) is 0.614. The van der Waals surface area contributed by atoms with Gasteiger partial charge in [-0.15, -0.1) is 0 Å². The van der Waals surface area contributed by atoms with Crippen LogP contribution < -0.4 is 0 Å². The lowest BCUT2D eigenvalue weighted by Crippen LogP contribution is -2.53. The Morgan fingerprint density at radius 1 is 1.03 bits per heavy atom. The summed E-state index contributed by atoms with van der Waals surface area (Å²) >= 11 is 1.90. The number of nitrogens with zero attached hydrogens (tertiary/aromatic N) is 2. The molecule has 4 rings (SSSR count). The predicted octanol–water partition coefficient (Wildman–Crippen LogP) is 4.51. The van der Waals surface area contributed by atoms with Crippen LogP contribution in [0.15, 0.2) is 72.0 Å². The zero-order chi connectivity index (χ0) is 24.1. The SMILES string of the molecule is CCOC(=O)C1=C(O)C[C@@H](c2ccccc2)N(C(=O)[C@H](C)N2CCSCC2)[C@H]1c1ccccc1. The molecule has 6 nitrogen and oxygen atoms in total. The molecule has 0 spiro atoms. The first-order chi connectivity index (χ1) is 16.5. The number of carbonyl (C=O) groups is 2. The number of carbonyl (C=O) groups excluding carboxylic acids is 2. The Morgan fingerprint density at radius 3 is 2.21 bits per heavy atom. The van der Waals surface area contributed by atoms with Crippen molar-refractivity contribution in [3.63, 3.8) is 0 Å². The summed E-state index contributed by atoms with van der Waals surface area (Å²) in [5, 5.41) is 11.1. The smallest absolute Gasteiger partial charge is 0.339 e. The maximum absolute atomic E-state index is 14.2. The van der Waals surface area contributed by atoms with Crippen molar-refractivity contribution >= 4 is 23.6 Å². The molecular weight excluding hydrogens is 448 g/mol. The molecule has 0 aliphatic carbocycles. The molecule has 180 valence electrons. The Hall–Kier alpha value is -2.77. The van der Waals surface area contributed by atoms with E-state index >= 15 is 0 Å². The summed E-state index contributed by atoms with van der Waals surface area (Å²) in [6.07, 6.45) is 0.163. The number of rotatable bonds is 6. The second kappa shape index (κ2) is 11.1. The highest BCUT2D eigenvalue weighted by Gasteiger charge is 2.45. The molecule has 0 aromatic heterocycles. The summed E-state index contributed by atoms with van der Waals surface area (Å²) in [6, 6.07) is 17.7. The molecule has 1 fully saturated rings. The topological polar surface area (TPSA) is 70.1 Å². The molecule has 7 heteroatoms. The number of benzene rings is 2. The van der Waals surface area contributed by atoms with Gasteiger partial charge in [-0.3, -0.25) is 9.69 Å². The third-order valence-corrected chi connectivity index (χ3v) is 7.53. The van der Waals surface area contributed by atoms with Crippen LogP contribution in [-0.4, -0.2) is 64.0 Å². The lowest BCUT2D eigenvalue weighted by molar-refractivity contribution is -0.145. The predicted molar refractivity (Wildman–Crippen MR) is 134 cm³/mol. The minimum atomic E-state index is -0.742. The Kier molecular flexibility index (Phi) is 7.95. The van der Waals surface area contributed by atoms with Gasteiger partial charge in [-0.1, -0.05) is 60.7 Å². The van der Waals surface area contributed by atoms with Crippen molar-refractivity contribution in [2.75, 3.05) is 31.2 Å². The van der Waals surface area contributed by atoms with Gasteiger partial charge in [0.2, 0.25) is 5.91 Å². The van der Waals surface area contributed by atoms with Crippen LogP contribution in [0.1, 0.15) is 43.5 Å². The Bertz CT molecular complexity index is 1020. The molecule has 0 unspecified atom stereocenters. The number of esters is 1. The molecule has 0 bridgehead atoms. The van der Waals surface area contributed by atoms with Crippen molar-refractivity contribution in [3.8, 4) is 0 Å². The van der Waals surface area contributed by atoms with Gasteiger partial charge in [0.25, 0.3) is 0 Å². The second-order valence-electron chi connectivity index (χ2n) is 8.59. The van der Waals surface area contributed by atoms with Gasteiger partial charge in [-0.05, 0) is 25.0 Å². The molecule has 2 aromatic rings. The molecule has 3 atom stereocenters. The van der Waals surface area contributed by atoms with Crippen molar-refractivity contribution in [3.05, 3.63) is 83.1 Å². The standard InChI is InChI=1S/C27H32N2O4S/c1-3-33-27(32)24-23(30)18-22(20-10-6-4-7-11-20)29(25(24)21-12-8-5-9-13-21)26(31)19(2)28-14-16-34-17-15-28/h4-13,19,22,25,30H,3,14-18H2,1-2H3/t19-,22-,25-/m0/s1. The zero-order valence-corrected chi connectivity index (χ0v) is 20.5. The van der Waals surface area contributed by atoms with Gasteiger partial charge in [-0.25, -0.2) is 4.79 Å². The van der Waals surface area contributed by atoms with Crippen LogP contribution in [0.3, 0.4) is 0 Å². The van der Waals surface area contributed by atoms with E-state index in [9.17, 15) is 14.7 Å². The minimum absolute atomic E-state index is 0.0211. The third kappa shape index (κ3) is 5.00. The van der Waals surface area contributed by atoms with Crippen LogP contribution in [0.5, 0.6) is 0 Å². The summed E-state index contributed by atoms with van der Waals surface area (Å²) in [6.45, 7) is 5.58. The lowest BCUT2D eigenvalue weighted by atomic mass is 9.85. The fourth-order valence-corrected chi connectivity index (χ4v) is 5.77. The second-order valence-corrected chi connectivity index (χ2v) is 9.82. The first kappa shape index (κ1) is 24.4. The van der Waals surface area contributed by atoms with Crippen LogP contribution in [0.25, 0.3) is 0 Å². The number of thioether (sulfide) groups is 1. The first-order valence-corrected chi connectivity index (χ1v) is 13.0. The molecular formula is C27H32N2O4S. The number of aliphatic hydroxyl groups is 1. The molecule has 34 heavy (non-hydrogen) atoms. The molecule has 2 aromatic carbocycles. The first-order valence-electron chi connectivity index (χ1n) is 11.9. The zero-order valence-electron chi connectivity index (χ0n) is 19.7. The normalized spacial score (nSPS) is 22.4. The van der Waals surface area contributed by atoms with Gasteiger partial charge in [0.1, 0.15) is 11.3 Å². The molecule has 1 N–H and O–H groups in total. The number of hydrogen-bond donors (Lipinski definition) is 1. The van der Waals surface area contributed by atoms with Gasteiger partial charge in [0.15, 0.2) is 0 Å². The van der Waals surface area contributed by atoms with Gasteiger partial charge < -0.3 is 14.7 Å². The van der Waals surface area contributed by atoms with E-state index in [0.717, 1.165) is 35.7 Å². The van der Waals surface area contributed by atoms with Gasteiger partial charge in [0.05, 0.1) is 24.7 Å². The minimum Gasteiger partial charge on any atom is -0.512 e. The maximum Gasteiger partial charge on any atom is 0.339 e. The van der Waals surface area contributed by atoms with Crippen molar-refractivity contribution in [2.45, 2.75) is 38.4 Å². The summed E-state index contributed by atoms with van der Waals surface area (Å²) in [7, 11) is 0. The summed E-state index contributed by atoms with van der Waals surface area (Å²) < 4.78 is 5.34. The molecule has 2 aliphatic rings. The van der Waals surface area contributed by atoms with Crippen molar-refractivity contribution in [1.29, 1.82) is 0 Å². The van der Waals surface area contributed by atoms with Crippen LogP contribution in [-0.2, 0) is 14.3 Å². The largest absolute Gasteiger partial charge is 0.512 e. The highest BCUT2D eigenvalue weighted by atomic mass is 32.2. The number of ether oxygens (including phenoxy) is 1. The highest BCUT2D eigenvalue weighted by Crippen LogP contribution is 2.45. The molecule has 0 radical (unpaired) electrons. The molecule has 1 saturated heterocycles. The summed E-state index contributed by atoms with van der Waals surface area (Å²) in [5.74, 6) is 1.34. The fourth-order valence-electron chi connectivity index (χ4n) is 4.84. The molecule has 0 saturated carbocycles. The average Bonchev–Trinajstić information content (AvgIpc) is 2.88. The Morgan fingerprint density at radius 2 is 1.62 bits per heavy atom. The molecule has 2 aliphatic heterocycles. The van der Waals surface area contributed by atoms with Gasteiger partial charge in [0, 0.05) is 31.0 Å². The Labute approximate surface area is 205 Å². The molecule has 1 amide bonds. The third-order valence-electron chi connectivity index (χ3n) is 6.59. The van der Waals surface area contributed by atoms with Crippen LogP contribution in [0, 0.1) is 0 Å². The number of amides is 1. The van der Waals surface area contributed by atoms with E-state index in [1.165, 1.54) is 0 Å². The Balaban J connectivity index is 1.84. The monoisotopic (exact) mass is 480 g/mol. The van der Waals surface area contributed by atoms with Crippen molar-refractivity contribution < 1.29 is 19.4 Å². The van der Waals surface area contributed by atoms with Crippen LogP contribution in [0.2, 0.25) is 0 Å². The van der Waals surface area contributed by atoms with E-state index in [2.05, 4.69) is 4.90 Å². The lowest BCUT2D eigenvalue weighted by Gasteiger charge is -2.45. The van der Waals surface area contributed by atoms with E-state index in [1.54, 1.807) is 6.92 Å². The van der Waals surface area contributed by atoms with E-state index in [1.807, 2.05) is 84.2 Å². The van der Waals surface area contributed by atoms with Crippen molar-refractivity contribution in [1.82, 2.24) is 9.80 Å². The maximum atomic E-state index is 14.2. The van der Waals surface area contributed by atoms with E-state index in [-0.39, 0.29) is 36.3 Å². The molecule has 2 heterocycles.